The number of aromatic nitrogens is 5. The molecule has 0 bridgehead atoms. The Balaban J connectivity index is 1.90. The van der Waals surface area contributed by atoms with Gasteiger partial charge < -0.3 is 10.3 Å². The molecule has 30 heavy (non-hydrogen) atoms. The lowest BCUT2D eigenvalue weighted by Crippen LogP contribution is -2.17. The molecule has 0 spiro atoms. The monoisotopic (exact) mass is 400 g/mol. The minimum atomic E-state index is -0.511. The summed E-state index contributed by atoms with van der Waals surface area (Å²) in [6.07, 6.45) is 1.69. The lowest BCUT2D eigenvalue weighted by Gasteiger charge is -2.14. The highest BCUT2D eigenvalue weighted by atomic mass is 16.1. The average molecular weight is 400 g/mol. The van der Waals surface area contributed by atoms with Crippen LogP contribution in [0.25, 0.3) is 28.6 Å². The van der Waals surface area contributed by atoms with Crippen molar-refractivity contribution >= 4 is 5.91 Å². The van der Waals surface area contributed by atoms with Crippen LogP contribution in [-0.4, -0.2) is 30.2 Å². The standard InChI is InChI=1S/C23H24N6O/c1-14(2)28-13-25-27-23(28)18-6-5-7-21(26-18)29-19(10-11-20(29)22(24)30)17-9-8-15(3)16(4)12-17/h5-14H,1-4H3,(H2,24,30). The van der Waals surface area contributed by atoms with Crippen molar-refractivity contribution in [1.82, 2.24) is 24.3 Å². The second kappa shape index (κ2) is 7.59. The summed E-state index contributed by atoms with van der Waals surface area (Å²) in [4.78, 5) is 17.0. The maximum Gasteiger partial charge on any atom is 0.265 e. The smallest absolute Gasteiger partial charge is 0.265 e. The van der Waals surface area contributed by atoms with Crippen molar-refractivity contribution in [3.8, 4) is 28.6 Å². The molecule has 2 N–H and O–H groups in total. The Hall–Kier alpha value is -3.74. The zero-order valence-electron chi connectivity index (χ0n) is 17.5. The van der Waals surface area contributed by atoms with E-state index in [1.54, 1.807) is 17.0 Å². The molecule has 7 heteroatoms. The summed E-state index contributed by atoms with van der Waals surface area (Å²) in [7, 11) is 0. The van der Waals surface area contributed by atoms with Crippen LogP contribution in [0.1, 0.15) is 41.5 Å². The maximum atomic E-state index is 12.2. The van der Waals surface area contributed by atoms with Gasteiger partial charge >= 0.3 is 0 Å². The number of nitrogens with zero attached hydrogens (tertiary/aromatic N) is 5. The summed E-state index contributed by atoms with van der Waals surface area (Å²) in [6.45, 7) is 8.26. The van der Waals surface area contributed by atoms with E-state index in [1.165, 1.54) is 11.1 Å². The quantitative estimate of drug-likeness (QED) is 0.546. The first-order valence-electron chi connectivity index (χ1n) is 9.83. The Bertz CT molecular complexity index is 1230. The number of nitrogens with two attached hydrogens (primary N) is 1. The molecule has 0 aliphatic heterocycles. The fraction of sp³-hybridized carbons (Fsp3) is 0.217. The predicted molar refractivity (Wildman–Crippen MR) is 116 cm³/mol. The van der Waals surface area contributed by atoms with Gasteiger partial charge in [-0.2, -0.15) is 0 Å². The van der Waals surface area contributed by atoms with E-state index in [1.807, 2.05) is 34.9 Å². The zero-order chi connectivity index (χ0) is 21.4. The molecule has 3 aromatic heterocycles. The van der Waals surface area contributed by atoms with E-state index in [-0.39, 0.29) is 6.04 Å². The van der Waals surface area contributed by atoms with Crippen LogP contribution < -0.4 is 5.73 Å². The molecule has 1 aromatic carbocycles. The van der Waals surface area contributed by atoms with Gasteiger partial charge in [0.1, 0.15) is 23.5 Å². The molecule has 3 heterocycles. The number of rotatable bonds is 5. The summed E-state index contributed by atoms with van der Waals surface area (Å²) in [6, 6.07) is 15.7. The molecule has 4 rings (SSSR count). The fourth-order valence-electron chi connectivity index (χ4n) is 3.48. The van der Waals surface area contributed by atoms with Crippen molar-refractivity contribution in [3.63, 3.8) is 0 Å². The van der Waals surface area contributed by atoms with E-state index >= 15 is 0 Å². The van der Waals surface area contributed by atoms with Gasteiger partial charge in [-0.3, -0.25) is 9.36 Å². The SMILES string of the molecule is Cc1ccc(-c2ccc(C(N)=O)n2-c2cccc(-c3nncn3C(C)C)n2)cc1C. The van der Waals surface area contributed by atoms with Gasteiger partial charge in [0.2, 0.25) is 0 Å². The highest BCUT2D eigenvalue weighted by Gasteiger charge is 2.18. The van der Waals surface area contributed by atoms with Crippen LogP contribution in [-0.2, 0) is 0 Å². The maximum absolute atomic E-state index is 12.2. The number of pyridine rings is 1. The summed E-state index contributed by atoms with van der Waals surface area (Å²) in [5.41, 5.74) is 10.9. The van der Waals surface area contributed by atoms with Crippen LogP contribution in [0.5, 0.6) is 0 Å². The first kappa shape index (κ1) is 19.6. The van der Waals surface area contributed by atoms with Gasteiger partial charge in [-0.25, -0.2) is 4.98 Å². The van der Waals surface area contributed by atoms with Crippen LogP contribution in [0.4, 0.5) is 0 Å². The van der Waals surface area contributed by atoms with Gasteiger partial charge in [0, 0.05) is 6.04 Å². The van der Waals surface area contributed by atoms with E-state index < -0.39 is 5.91 Å². The topological polar surface area (TPSA) is 91.6 Å². The van der Waals surface area contributed by atoms with Gasteiger partial charge in [-0.05, 0) is 74.7 Å². The molecule has 4 aromatic rings. The Labute approximate surface area is 175 Å². The molecule has 0 fully saturated rings. The molecular weight excluding hydrogens is 376 g/mol. The summed E-state index contributed by atoms with van der Waals surface area (Å²) >= 11 is 0. The summed E-state index contributed by atoms with van der Waals surface area (Å²) in [5, 5.41) is 8.27. The van der Waals surface area contributed by atoms with Crippen molar-refractivity contribution in [1.29, 1.82) is 0 Å². The number of aryl methyl sites for hydroxylation is 2. The number of carbonyl (C=O) groups excluding carboxylic acids is 1. The van der Waals surface area contributed by atoms with Crippen LogP contribution >= 0.6 is 0 Å². The van der Waals surface area contributed by atoms with Crippen LogP contribution in [0, 0.1) is 13.8 Å². The molecule has 0 saturated heterocycles. The minimum Gasteiger partial charge on any atom is -0.364 e. The van der Waals surface area contributed by atoms with Gasteiger partial charge in [-0.1, -0.05) is 18.2 Å². The van der Waals surface area contributed by atoms with Crippen molar-refractivity contribution in [2.24, 2.45) is 5.73 Å². The Kier molecular flexibility index (Phi) is 4.95. The fourth-order valence-corrected chi connectivity index (χ4v) is 3.48. The van der Waals surface area contributed by atoms with E-state index in [2.05, 4.69) is 50.0 Å². The molecule has 0 atom stereocenters. The van der Waals surface area contributed by atoms with Crippen molar-refractivity contribution < 1.29 is 4.79 Å². The van der Waals surface area contributed by atoms with Gasteiger partial charge in [0.25, 0.3) is 5.91 Å². The van der Waals surface area contributed by atoms with Gasteiger partial charge in [-0.15, -0.1) is 10.2 Å². The first-order chi connectivity index (χ1) is 14.4. The highest BCUT2D eigenvalue weighted by molar-refractivity contribution is 5.93. The molecule has 0 aliphatic rings. The molecule has 0 saturated carbocycles. The first-order valence-corrected chi connectivity index (χ1v) is 9.83. The number of amides is 1. The van der Waals surface area contributed by atoms with E-state index in [0.29, 0.717) is 23.0 Å². The van der Waals surface area contributed by atoms with Crippen molar-refractivity contribution in [2.45, 2.75) is 33.7 Å². The second-order valence-corrected chi connectivity index (χ2v) is 7.64. The third kappa shape index (κ3) is 3.39. The largest absolute Gasteiger partial charge is 0.364 e. The van der Waals surface area contributed by atoms with E-state index in [0.717, 1.165) is 11.3 Å². The highest BCUT2D eigenvalue weighted by Crippen LogP contribution is 2.28. The third-order valence-corrected chi connectivity index (χ3v) is 5.26. The number of hydrogen-bond acceptors (Lipinski definition) is 4. The molecule has 1 amide bonds. The second-order valence-electron chi connectivity index (χ2n) is 7.64. The predicted octanol–water partition coefficient (Wildman–Crippen LogP) is 4.09. The lowest BCUT2D eigenvalue weighted by atomic mass is 10.0. The Morgan fingerprint density at radius 2 is 1.83 bits per heavy atom. The third-order valence-electron chi connectivity index (χ3n) is 5.26. The van der Waals surface area contributed by atoms with Crippen molar-refractivity contribution in [2.75, 3.05) is 0 Å². The van der Waals surface area contributed by atoms with E-state index in [4.69, 9.17) is 10.7 Å². The van der Waals surface area contributed by atoms with Gasteiger partial charge in [0.15, 0.2) is 5.82 Å². The lowest BCUT2D eigenvalue weighted by molar-refractivity contribution is 0.0994. The Morgan fingerprint density at radius 3 is 2.53 bits per heavy atom. The number of carbonyl (C=O) groups is 1. The van der Waals surface area contributed by atoms with Crippen LogP contribution in [0.2, 0.25) is 0 Å². The molecule has 7 nitrogen and oxygen atoms in total. The summed E-state index contributed by atoms with van der Waals surface area (Å²) in [5.74, 6) is 0.757. The molecule has 0 aliphatic carbocycles. The number of primary amides is 1. The van der Waals surface area contributed by atoms with E-state index in [9.17, 15) is 4.79 Å². The summed E-state index contributed by atoms with van der Waals surface area (Å²) < 4.78 is 3.76. The molecular formula is C23H24N6O. The number of hydrogen-bond donors (Lipinski definition) is 1. The molecule has 152 valence electrons. The van der Waals surface area contributed by atoms with Crippen molar-refractivity contribution in [3.05, 3.63) is 71.7 Å². The Morgan fingerprint density at radius 1 is 1.03 bits per heavy atom. The van der Waals surface area contributed by atoms with Crippen LogP contribution in [0.3, 0.4) is 0 Å². The van der Waals surface area contributed by atoms with Crippen LogP contribution in [0.15, 0.2) is 54.9 Å². The zero-order valence-corrected chi connectivity index (χ0v) is 17.5. The van der Waals surface area contributed by atoms with Gasteiger partial charge in [0.05, 0.1) is 5.69 Å². The number of benzene rings is 1. The normalized spacial score (nSPS) is 11.2. The average Bonchev–Trinajstić information content (AvgIpc) is 3.37. The minimum absolute atomic E-state index is 0.194. The molecule has 0 unspecified atom stereocenters. The molecule has 0 radical (unpaired) electrons.